The second-order valence-electron chi connectivity index (χ2n) is 6.67. The molecule has 0 aliphatic heterocycles. The van der Waals surface area contributed by atoms with Gasteiger partial charge in [-0.25, -0.2) is 0 Å². The number of hydrogen-bond donors (Lipinski definition) is 2. The minimum absolute atomic E-state index is 0. The van der Waals surface area contributed by atoms with Crippen molar-refractivity contribution in [3.63, 3.8) is 0 Å². The highest BCUT2D eigenvalue weighted by Gasteiger charge is 2.06. The fraction of sp³-hybridized carbons (Fsp3) is 0.667. The molecule has 0 heterocycles. The molecule has 5 nitrogen and oxygen atoms in total. The number of benzene rings is 1. The van der Waals surface area contributed by atoms with Crippen LogP contribution in [0.5, 0.6) is 5.75 Å². The molecule has 0 bridgehead atoms. The van der Waals surface area contributed by atoms with Crippen LogP contribution in [0.3, 0.4) is 0 Å². The van der Waals surface area contributed by atoms with E-state index in [-0.39, 0.29) is 24.0 Å². The zero-order chi connectivity index (χ0) is 19.2. The standard InChI is InChI=1S/C21H38N4O.HI/c1-6-25(7-2)17-9-10-18(3)24-21(22-4)23-16-8-11-19-12-14-20(26-5)15-13-19;/h12-15,18H,6-11,16-17H2,1-5H3,(H2,22,23,24);1H. The summed E-state index contributed by atoms with van der Waals surface area (Å²) in [4.78, 5) is 6.81. The molecular formula is C21H39IN4O. The average molecular weight is 490 g/mol. The van der Waals surface area contributed by atoms with Crippen LogP contribution in [0, 0.1) is 0 Å². The van der Waals surface area contributed by atoms with Gasteiger partial charge >= 0.3 is 0 Å². The maximum absolute atomic E-state index is 5.19. The van der Waals surface area contributed by atoms with Gasteiger partial charge in [0.2, 0.25) is 0 Å². The van der Waals surface area contributed by atoms with Crippen molar-refractivity contribution in [2.45, 2.75) is 52.5 Å². The van der Waals surface area contributed by atoms with E-state index in [1.807, 2.05) is 19.2 Å². The second kappa shape index (κ2) is 16.0. The molecule has 0 amide bonds. The van der Waals surface area contributed by atoms with Crippen LogP contribution >= 0.6 is 24.0 Å². The summed E-state index contributed by atoms with van der Waals surface area (Å²) in [6.07, 6.45) is 4.49. The lowest BCUT2D eigenvalue weighted by Gasteiger charge is -2.21. The third kappa shape index (κ3) is 11.4. The highest BCUT2D eigenvalue weighted by Crippen LogP contribution is 2.12. The van der Waals surface area contributed by atoms with Crippen molar-refractivity contribution < 1.29 is 4.74 Å². The molecule has 1 aromatic carbocycles. The summed E-state index contributed by atoms with van der Waals surface area (Å²) in [5, 5.41) is 6.91. The number of hydrogen-bond acceptors (Lipinski definition) is 3. The van der Waals surface area contributed by atoms with E-state index in [1.54, 1.807) is 7.11 Å². The molecule has 0 saturated carbocycles. The van der Waals surface area contributed by atoms with Gasteiger partial charge in [-0.2, -0.15) is 0 Å². The van der Waals surface area contributed by atoms with Gasteiger partial charge in [-0.15, -0.1) is 24.0 Å². The molecule has 1 rings (SSSR count). The number of methoxy groups -OCH3 is 1. The molecule has 0 spiro atoms. The largest absolute Gasteiger partial charge is 0.497 e. The van der Waals surface area contributed by atoms with Crippen LogP contribution in [0.25, 0.3) is 0 Å². The molecular weight excluding hydrogens is 451 g/mol. The van der Waals surface area contributed by atoms with E-state index in [0.717, 1.165) is 50.6 Å². The van der Waals surface area contributed by atoms with Crippen LogP contribution in [0.15, 0.2) is 29.3 Å². The van der Waals surface area contributed by atoms with Crippen molar-refractivity contribution in [3.05, 3.63) is 29.8 Å². The molecule has 0 radical (unpaired) electrons. The maximum Gasteiger partial charge on any atom is 0.191 e. The molecule has 0 aliphatic rings. The van der Waals surface area contributed by atoms with E-state index in [9.17, 15) is 0 Å². The smallest absolute Gasteiger partial charge is 0.191 e. The van der Waals surface area contributed by atoms with E-state index in [0.29, 0.717) is 6.04 Å². The molecule has 1 atom stereocenters. The number of rotatable bonds is 12. The minimum atomic E-state index is 0. The number of ether oxygens (including phenoxy) is 1. The number of aryl methyl sites for hydroxylation is 1. The number of nitrogens with zero attached hydrogens (tertiary/aromatic N) is 2. The van der Waals surface area contributed by atoms with E-state index in [2.05, 4.69) is 53.4 Å². The van der Waals surface area contributed by atoms with Crippen LogP contribution in [0.2, 0.25) is 0 Å². The van der Waals surface area contributed by atoms with Gasteiger partial charge in [0.25, 0.3) is 0 Å². The van der Waals surface area contributed by atoms with Crippen molar-refractivity contribution in [3.8, 4) is 5.75 Å². The first-order chi connectivity index (χ1) is 12.6. The normalized spacial score (nSPS) is 12.4. The molecule has 0 aromatic heterocycles. The first-order valence-electron chi connectivity index (χ1n) is 9.95. The lowest BCUT2D eigenvalue weighted by molar-refractivity contribution is 0.292. The summed E-state index contributed by atoms with van der Waals surface area (Å²) in [5.41, 5.74) is 1.33. The summed E-state index contributed by atoms with van der Waals surface area (Å²) >= 11 is 0. The second-order valence-corrected chi connectivity index (χ2v) is 6.67. The zero-order valence-electron chi connectivity index (χ0n) is 17.8. The summed E-state index contributed by atoms with van der Waals surface area (Å²) < 4.78 is 5.19. The first-order valence-corrected chi connectivity index (χ1v) is 9.95. The molecule has 0 fully saturated rings. The Labute approximate surface area is 183 Å². The quantitative estimate of drug-likeness (QED) is 0.202. The Morgan fingerprint density at radius 2 is 1.81 bits per heavy atom. The SMILES string of the molecule is CCN(CC)CCCC(C)NC(=NC)NCCCc1ccc(OC)cc1.I. The van der Waals surface area contributed by atoms with Gasteiger partial charge in [0.05, 0.1) is 7.11 Å². The zero-order valence-corrected chi connectivity index (χ0v) is 20.1. The number of aliphatic imine (C=N–C) groups is 1. The molecule has 27 heavy (non-hydrogen) atoms. The predicted molar refractivity (Wildman–Crippen MR) is 128 cm³/mol. The molecule has 1 unspecified atom stereocenters. The lowest BCUT2D eigenvalue weighted by Crippen LogP contribution is -2.42. The average Bonchev–Trinajstić information content (AvgIpc) is 2.68. The van der Waals surface area contributed by atoms with E-state index in [1.165, 1.54) is 18.5 Å². The summed E-state index contributed by atoms with van der Waals surface area (Å²) in [7, 11) is 3.53. The predicted octanol–water partition coefficient (Wildman–Crippen LogP) is 3.92. The summed E-state index contributed by atoms with van der Waals surface area (Å²) in [6, 6.07) is 8.72. The molecule has 156 valence electrons. The van der Waals surface area contributed by atoms with Gasteiger partial charge in [-0.3, -0.25) is 4.99 Å². The summed E-state index contributed by atoms with van der Waals surface area (Å²) in [6.45, 7) is 11.0. The lowest BCUT2D eigenvalue weighted by atomic mass is 10.1. The molecule has 2 N–H and O–H groups in total. The maximum atomic E-state index is 5.19. The topological polar surface area (TPSA) is 48.9 Å². The third-order valence-corrected chi connectivity index (χ3v) is 4.71. The van der Waals surface area contributed by atoms with Crippen molar-refractivity contribution in [1.82, 2.24) is 15.5 Å². The fourth-order valence-corrected chi connectivity index (χ4v) is 2.95. The van der Waals surface area contributed by atoms with Gasteiger partial charge in [-0.1, -0.05) is 26.0 Å². The van der Waals surface area contributed by atoms with Crippen molar-refractivity contribution in [2.24, 2.45) is 4.99 Å². The number of halogens is 1. The van der Waals surface area contributed by atoms with Crippen molar-refractivity contribution in [2.75, 3.05) is 40.3 Å². The van der Waals surface area contributed by atoms with E-state index >= 15 is 0 Å². The van der Waals surface area contributed by atoms with Crippen LogP contribution in [-0.4, -0.2) is 57.2 Å². The van der Waals surface area contributed by atoms with Crippen LogP contribution in [0.1, 0.15) is 45.6 Å². The van der Waals surface area contributed by atoms with Crippen molar-refractivity contribution >= 4 is 29.9 Å². The van der Waals surface area contributed by atoms with Crippen LogP contribution < -0.4 is 15.4 Å². The number of guanidine groups is 1. The Bertz CT molecular complexity index is 503. The Morgan fingerprint density at radius 3 is 2.37 bits per heavy atom. The minimum Gasteiger partial charge on any atom is -0.497 e. The van der Waals surface area contributed by atoms with Crippen LogP contribution in [0.4, 0.5) is 0 Å². The van der Waals surface area contributed by atoms with E-state index < -0.39 is 0 Å². The Balaban J connectivity index is 0.00000676. The van der Waals surface area contributed by atoms with Crippen molar-refractivity contribution in [1.29, 1.82) is 0 Å². The number of nitrogens with one attached hydrogen (secondary N) is 2. The monoisotopic (exact) mass is 490 g/mol. The van der Waals surface area contributed by atoms with Gasteiger partial charge < -0.3 is 20.3 Å². The van der Waals surface area contributed by atoms with Gasteiger partial charge in [-0.05, 0) is 69.9 Å². The molecule has 0 saturated heterocycles. The van der Waals surface area contributed by atoms with E-state index in [4.69, 9.17) is 4.74 Å². The Hall–Kier alpha value is -1.02. The molecule has 6 heteroatoms. The highest BCUT2D eigenvalue weighted by molar-refractivity contribution is 14.0. The third-order valence-electron chi connectivity index (χ3n) is 4.71. The highest BCUT2D eigenvalue weighted by atomic mass is 127. The fourth-order valence-electron chi connectivity index (χ4n) is 2.95. The molecule has 0 aliphatic carbocycles. The first kappa shape index (κ1) is 26.0. The Kier molecular flexibility index (Phi) is 15.4. The van der Waals surface area contributed by atoms with Gasteiger partial charge in [0.1, 0.15) is 5.75 Å². The van der Waals surface area contributed by atoms with Gasteiger partial charge in [0, 0.05) is 19.6 Å². The van der Waals surface area contributed by atoms with Gasteiger partial charge in [0.15, 0.2) is 5.96 Å². The summed E-state index contributed by atoms with van der Waals surface area (Å²) in [5.74, 6) is 1.81. The van der Waals surface area contributed by atoms with Crippen LogP contribution in [-0.2, 0) is 6.42 Å². The molecule has 1 aromatic rings. The Morgan fingerprint density at radius 1 is 1.15 bits per heavy atom.